The van der Waals surface area contributed by atoms with Crippen LogP contribution in [0.2, 0.25) is 0 Å². The first-order chi connectivity index (χ1) is 15.9. The lowest BCUT2D eigenvalue weighted by Crippen LogP contribution is -2.48. The van der Waals surface area contributed by atoms with Gasteiger partial charge >= 0.3 is 0 Å². The van der Waals surface area contributed by atoms with Gasteiger partial charge in [-0.3, -0.25) is 14.4 Å². The normalized spacial score (nSPS) is 28.8. The van der Waals surface area contributed by atoms with Gasteiger partial charge in [-0.05, 0) is 80.0 Å². The zero-order chi connectivity index (χ0) is 22.7. The van der Waals surface area contributed by atoms with E-state index in [9.17, 15) is 14.4 Å². The van der Waals surface area contributed by atoms with Crippen LogP contribution in [0.4, 0.5) is 5.69 Å². The molecule has 0 saturated heterocycles. The molecule has 5 nitrogen and oxygen atoms in total. The number of rotatable bonds is 3. The maximum atomic E-state index is 13.2. The Morgan fingerprint density at radius 3 is 2.06 bits per heavy atom. The fourth-order valence-electron chi connectivity index (χ4n) is 7.42. The Kier molecular flexibility index (Phi) is 4.77. The van der Waals surface area contributed by atoms with Gasteiger partial charge in [0.2, 0.25) is 5.91 Å². The molecule has 5 aliphatic rings. The van der Waals surface area contributed by atoms with Crippen molar-refractivity contribution in [3.05, 3.63) is 64.7 Å². The lowest BCUT2D eigenvalue weighted by Gasteiger charge is -2.56. The van der Waals surface area contributed by atoms with Crippen molar-refractivity contribution in [1.82, 2.24) is 5.32 Å². The Balaban J connectivity index is 1.18. The van der Waals surface area contributed by atoms with Crippen molar-refractivity contribution in [3.63, 3.8) is 0 Å². The first-order valence-corrected chi connectivity index (χ1v) is 12.2. The number of amides is 1. The van der Waals surface area contributed by atoms with Gasteiger partial charge in [0.15, 0.2) is 16.7 Å². The quantitative estimate of drug-likeness (QED) is 0.547. The molecule has 6 heteroatoms. The van der Waals surface area contributed by atoms with Gasteiger partial charge in [-0.2, -0.15) is 0 Å². The summed E-state index contributed by atoms with van der Waals surface area (Å²) in [6.07, 6.45) is 8.02. The van der Waals surface area contributed by atoms with Crippen molar-refractivity contribution < 1.29 is 14.4 Å². The molecule has 7 rings (SSSR count). The van der Waals surface area contributed by atoms with Crippen molar-refractivity contribution in [1.29, 1.82) is 0 Å². The van der Waals surface area contributed by atoms with Gasteiger partial charge in [-0.1, -0.05) is 36.4 Å². The van der Waals surface area contributed by atoms with E-state index < -0.39 is 0 Å². The topological polar surface area (TPSA) is 75.3 Å². The number of carbonyl (C=O) groups excluding carboxylic acids is 3. The predicted octanol–water partition coefficient (Wildman–Crippen LogP) is 4.88. The highest BCUT2D eigenvalue weighted by Gasteiger charge is 2.51. The minimum Gasteiger partial charge on any atom is -0.332 e. The Morgan fingerprint density at radius 1 is 0.848 bits per heavy atom. The minimum absolute atomic E-state index is 0.0630. The van der Waals surface area contributed by atoms with Crippen molar-refractivity contribution >= 4 is 40.5 Å². The maximum absolute atomic E-state index is 13.2. The van der Waals surface area contributed by atoms with Crippen LogP contribution >= 0.6 is 12.2 Å². The van der Waals surface area contributed by atoms with Crippen molar-refractivity contribution in [2.45, 2.75) is 44.9 Å². The molecule has 4 fully saturated rings. The Hall–Kier alpha value is -2.86. The summed E-state index contributed by atoms with van der Waals surface area (Å²) in [5.41, 5.74) is 2.04. The number of thiocarbonyl (C=S) groups is 1. The predicted molar refractivity (Wildman–Crippen MR) is 129 cm³/mol. The Bertz CT molecular complexity index is 1180. The highest BCUT2D eigenvalue weighted by Crippen LogP contribution is 2.61. The summed E-state index contributed by atoms with van der Waals surface area (Å²) < 4.78 is 0. The molecule has 33 heavy (non-hydrogen) atoms. The van der Waals surface area contributed by atoms with Crippen molar-refractivity contribution in [2.75, 3.05) is 5.32 Å². The smallest absolute Gasteiger partial charge is 0.226 e. The second kappa shape index (κ2) is 7.59. The zero-order valence-corrected chi connectivity index (χ0v) is 19.2. The molecular formula is C27H26N2O3S. The summed E-state index contributed by atoms with van der Waals surface area (Å²) in [6.45, 7) is 0. The van der Waals surface area contributed by atoms with Crippen LogP contribution in [0.25, 0.3) is 0 Å². The molecule has 0 radical (unpaired) electrons. The number of hydrogen-bond acceptors (Lipinski definition) is 4. The van der Waals surface area contributed by atoms with Crippen molar-refractivity contribution in [2.24, 2.45) is 23.2 Å². The zero-order valence-electron chi connectivity index (χ0n) is 18.4. The summed E-state index contributed by atoms with van der Waals surface area (Å²) in [7, 11) is 0. The van der Waals surface area contributed by atoms with E-state index in [1.807, 2.05) is 0 Å². The molecule has 168 valence electrons. The molecule has 4 saturated carbocycles. The maximum Gasteiger partial charge on any atom is 0.226 e. The summed E-state index contributed by atoms with van der Waals surface area (Å²) in [5, 5.41) is 6.02. The molecule has 1 amide bonds. The van der Waals surface area contributed by atoms with Gasteiger partial charge in [0.25, 0.3) is 0 Å². The number of hydrogen-bond donors (Lipinski definition) is 2. The van der Waals surface area contributed by atoms with Gasteiger partial charge in [-0.25, -0.2) is 0 Å². The lowest BCUT2D eigenvalue weighted by atomic mass is 9.49. The van der Waals surface area contributed by atoms with Gasteiger partial charge in [0, 0.05) is 23.1 Å². The van der Waals surface area contributed by atoms with Gasteiger partial charge < -0.3 is 10.6 Å². The van der Waals surface area contributed by atoms with Crippen LogP contribution in [0.15, 0.2) is 42.5 Å². The fraction of sp³-hybridized carbons (Fsp3) is 0.407. The van der Waals surface area contributed by atoms with E-state index in [4.69, 9.17) is 12.2 Å². The summed E-state index contributed by atoms with van der Waals surface area (Å²) in [6, 6.07) is 11.9. The number of ketones is 2. The molecule has 2 N–H and O–H groups in total. The molecule has 0 aromatic heterocycles. The third kappa shape index (κ3) is 3.52. The molecule has 2 aromatic rings. The molecule has 4 bridgehead atoms. The summed E-state index contributed by atoms with van der Waals surface area (Å²) in [4.78, 5) is 39.0. The average Bonchev–Trinajstić information content (AvgIpc) is 2.76. The monoisotopic (exact) mass is 458 g/mol. The summed E-state index contributed by atoms with van der Waals surface area (Å²) >= 11 is 5.43. The fourth-order valence-corrected chi connectivity index (χ4v) is 7.64. The van der Waals surface area contributed by atoms with Crippen LogP contribution in [0.3, 0.4) is 0 Å². The number of benzene rings is 2. The highest BCUT2D eigenvalue weighted by atomic mass is 32.1. The van der Waals surface area contributed by atoms with Crippen LogP contribution < -0.4 is 10.6 Å². The van der Waals surface area contributed by atoms with E-state index in [2.05, 4.69) is 10.6 Å². The van der Waals surface area contributed by atoms with Crippen LogP contribution in [0.1, 0.15) is 76.8 Å². The number of nitrogens with one attached hydrogen (secondary N) is 2. The van der Waals surface area contributed by atoms with Crippen LogP contribution in [-0.4, -0.2) is 22.6 Å². The lowest BCUT2D eigenvalue weighted by molar-refractivity contribution is -0.127. The molecule has 5 aliphatic carbocycles. The molecule has 0 unspecified atom stereocenters. The Morgan fingerprint density at radius 2 is 1.42 bits per heavy atom. The van der Waals surface area contributed by atoms with E-state index in [0.29, 0.717) is 34.4 Å². The SMILES string of the molecule is O=C(CC12CC3CC(CC(C3)C1)C2)NC(=S)Nc1cccc2c1C(=O)c1ccccc1C2=O. The third-order valence-electron chi connectivity index (χ3n) is 8.15. The van der Waals surface area contributed by atoms with Gasteiger partial charge in [-0.15, -0.1) is 0 Å². The van der Waals surface area contributed by atoms with Gasteiger partial charge in [0.05, 0.1) is 11.3 Å². The van der Waals surface area contributed by atoms with Gasteiger partial charge in [0.1, 0.15) is 0 Å². The summed E-state index contributed by atoms with van der Waals surface area (Å²) in [5.74, 6) is 1.91. The van der Waals surface area contributed by atoms with E-state index in [0.717, 1.165) is 37.0 Å². The first kappa shape index (κ1) is 20.7. The van der Waals surface area contributed by atoms with E-state index >= 15 is 0 Å². The minimum atomic E-state index is -0.217. The molecule has 0 heterocycles. The second-order valence-corrected chi connectivity index (χ2v) is 10.9. The first-order valence-electron chi connectivity index (χ1n) is 11.8. The average molecular weight is 459 g/mol. The second-order valence-electron chi connectivity index (χ2n) is 10.5. The van der Waals surface area contributed by atoms with Crippen molar-refractivity contribution in [3.8, 4) is 0 Å². The van der Waals surface area contributed by atoms with Crippen LogP contribution in [-0.2, 0) is 4.79 Å². The standard InChI is InChI=1S/C27H26N2O3S/c30-22(14-27-11-15-8-16(12-27)10-17(9-15)13-27)29-26(33)28-21-7-3-6-20-23(21)25(32)19-5-2-1-4-18(19)24(20)31/h1-7,15-17H,8-14H2,(H2,28,29,30,33). The molecule has 0 spiro atoms. The number of fused-ring (bicyclic) bond motifs is 2. The third-order valence-corrected chi connectivity index (χ3v) is 8.36. The largest absolute Gasteiger partial charge is 0.332 e. The molecular weight excluding hydrogens is 432 g/mol. The van der Waals surface area contributed by atoms with E-state index in [1.165, 1.54) is 19.3 Å². The molecule has 2 aromatic carbocycles. The number of anilines is 1. The highest BCUT2D eigenvalue weighted by molar-refractivity contribution is 7.80. The van der Waals surface area contributed by atoms with Crippen LogP contribution in [0.5, 0.6) is 0 Å². The number of carbonyl (C=O) groups is 3. The van der Waals surface area contributed by atoms with E-state index in [1.54, 1.807) is 42.5 Å². The molecule has 0 aliphatic heterocycles. The van der Waals surface area contributed by atoms with E-state index in [-0.39, 0.29) is 28.0 Å². The molecule has 0 atom stereocenters. The van der Waals surface area contributed by atoms with Crippen LogP contribution in [0, 0.1) is 23.2 Å². The Labute approximate surface area is 198 Å².